The Morgan fingerprint density at radius 2 is 1.74 bits per heavy atom. The number of ether oxygens (including phenoxy) is 1. The van der Waals surface area contributed by atoms with E-state index in [1.165, 1.54) is 40.7 Å². The van der Waals surface area contributed by atoms with Gasteiger partial charge in [-0.1, -0.05) is 20.3 Å². The number of amides is 1. The molecule has 0 aromatic heterocycles. The number of aliphatic hydroxyl groups is 1. The van der Waals surface area contributed by atoms with Gasteiger partial charge >= 0.3 is 0 Å². The van der Waals surface area contributed by atoms with Gasteiger partial charge in [0.1, 0.15) is 23.3 Å². The minimum absolute atomic E-state index is 0.0921. The van der Waals surface area contributed by atoms with Gasteiger partial charge in [-0.2, -0.15) is 4.31 Å². The zero-order valence-corrected chi connectivity index (χ0v) is 22.9. The van der Waals surface area contributed by atoms with Crippen LogP contribution in [0.25, 0.3) is 0 Å². The van der Waals surface area contributed by atoms with E-state index in [0.29, 0.717) is 50.5 Å². The van der Waals surface area contributed by atoms with Crippen LogP contribution in [0, 0.1) is 11.7 Å². The predicted octanol–water partition coefficient (Wildman–Crippen LogP) is 3.87. The van der Waals surface area contributed by atoms with Crippen LogP contribution >= 0.6 is 0 Å². The molecule has 0 spiro atoms. The maximum absolute atomic E-state index is 13.3. The van der Waals surface area contributed by atoms with Crippen LogP contribution in [0.5, 0.6) is 5.75 Å². The Hall–Kier alpha value is -2.53. The molecule has 0 saturated carbocycles. The third-order valence-corrected chi connectivity index (χ3v) is 9.11. The second-order valence-corrected chi connectivity index (χ2v) is 12.7. The molecule has 2 fully saturated rings. The van der Waals surface area contributed by atoms with Crippen molar-refractivity contribution in [3.05, 3.63) is 54.3 Å². The second kappa shape index (κ2) is 12.1. The number of piperidine rings is 2. The maximum Gasteiger partial charge on any atom is 0.243 e. The number of benzene rings is 2. The Kier molecular flexibility index (Phi) is 9.07. The normalized spacial score (nSPS) is 23.3. The molecule has 2 saturated heterocycles. The molecule has 1 amide bonds. The van der Waals surface area contributed by atoms with Crippen LogP contribution < -0.4 is 10.1 Å². The van der Waals surface area contributed by atoms with E-state index in [-0.39, 0.29) is 29.1 Å². The van der Waals surface area contributed by atoms with E-state index >= 15 is 0 Å². The second-order valence-electron chi connectivity index (χ2n) is 10.8. The van der Waals surface area contributed by atoms with Crippen LogP contribution in [0.15, 0.2) is 53.4 Å². The molecule has 2 aliphatic rings. The molecule has 2 atom stereocenters. The van der Waals surface area contributed by atoms with Crippen LogP contribution in [-0.2, 0) is 14.8 Å². The number of sulfonamides is 1. The molecule has 4 rings (SSSR count). The molecule has 0 bridgehead atoms. The molecule has 38 heavy (non-hydrogen) atoms. The first-order valence-electron chi connectivity index (χ1n) is 13.3. The highest BCUT2D eigenvalue weighted by Crippen LogP contribution is 2.32. The number of hydrogen-bond donors (Lipinski definition) is 2. The number of likely N-dealkylation sites (tertiary alicyclic amines) is 1. The summed E-state index contributed by atoms with van der Waals surface area (Å²) >= 11 is 0. The summed E-state index contributed by atoms with van der Waals surface area (Å²) in [6.45, 7) is 6.10. The highest BCUT2D eigenvalue weighted by molar-refractivity contribution is 7.89. The molecule has 2 N–H and O–H groups in total. The average molecular weight is 548 g/mol. The molecule has 8 nitrogen and oxygen atoms in total. The number of nitrogens with one attached hydrogen (secondary N) is 1. The molecule has 0 aliphatic carbocycles. The number of carbonyl (C=O) groups excluding carboxylic acids is 1. The first-order valence-corrected chi connectivity index (χ1v) is 14.8. The first kappa shape index (κ1) is 28.5. The van der Waals surface area contributed by atoms with Gasteiger partial charge in [-0.05, 0) is 80.1 Å². The van der Waals surface area contributed by atoms with E-state index in [1.54, 1.807) is 12.1 Å². The number of halogens is 1. The summed E-state index contributed by atoms with van der Waals surface area (Å²) < 4.78 is 46.7. The topological polar surface area (TPSA) is 99.2 Å². The van der Waals surface area contributed by atoms with Crippen molar-refractivity contribution in [3.8, 4) is 5.75 Å². The predicted molar refractivity (Wildman–Crippen MR) is 144 cm³/mol. The highest BCUT2D eigenvalue weighted by atomic mass is 32.2. The number of anilines is 1. The Morgan fingerprint density at radius 1 is 1.08 bits per heavy atom. The minimum atomic E-state index is -3.53. The Labute approximate surface area is 224 Å². The highest BCUT2D eigenvalue weighted by Gasteiger charge is 2.44. The van der Waals surface area contributed by atoms with Crippen molar-refractivity contribution in [1.29, 1.82) is 0 Å². The van der Waals surface area contributed by atoms with E-state index in [9.17, 15) is 22.7 Å². The fourth-order valence-corrected chi connectivity index (χ4v) is 6.80. The SMILES string of the molecule is CC(C)C[C@]1(O)CCN(CC(=O)Nc2ccc(S(=O)(=O)N3CCCCC3)cc2)C[C@@H]1Oc1ccc(F)cc1. The van der Waals surface area contributed by atoms with E-state index in [2.05, 4.69) is 5.32 Å². The van der Waals surface area contributed by atoms with E-state index in [4.69, 9.17) is 4.74 Å². The van der Waals surface area contributed by atoms with Crippen molar-refractivity contribution in [3.63, 3.8) is 0 Å². The van der Waals surface area contributed by atoms with Gasteiger partial charge in [0.05, 0.1) is 11.4 Å². The molecule has 2 aromatic carbocycles. The number of hydrogen-bond acceptors (Lipinski definition) is 6. The van der Waals surface area contributed by atoms with Gasteiger partial charge in [0.2, 0.25) is 15.9 Å². The van der Waals surface area contributed by atoms with E-state index < -0.39 is 21.7 Å². The van der Waals surface area contributed by atoms with Crippen molar-refractivity contribution in [2.45, 2.75) is 62.6 Å². The third kappa shape index (κ3) is 7.11. The molecule has 2 heterocycles. The summed E-state index contributed by atoms with van der Waals surface area (Å²) in [7, 11) is -3.53. The van der Waals surface area contributed by atoms with Gasteiger partial charge in [0, 0.05) is 31.9 Å². The average Bonchev–Trinajstić information content (AvgIpc) is 2.88. The monoisotopic (exact) mass is 547 g/mol. The van der Waals surface area contributed by atoms with Crippen LogP contribution in [0.3, 0.4) is 0 Å². The molecular formula is C28H38FN3O5S. The molecule has 2 aliphatic heterocycles. The number of rotatable bonds is 9. The van der Waals surface area contributed by atoms with Crippen LogP contribution in [0.1, 0.15) is 46.0 Å². The third-order valence-electron chi connectivity index (χ3n) is 7.20. The van der Waals surface area contributed by atoms with Crippen LogP contribution in [0.4, 0.5) is 10.1 Å². The fraction of sp³-hybridized carbons (Fsp3) is 0.536. The Morgan fingerprint density at radius 3 is 2.37 bits per heavy atom. The Balaban J connectivity index is 1.37. The summed E-state index contributed by atoms with van der Waals surface area (Å²) in [4.78, 5) is 15.0. The van der Waals surface area contributed by atoms with Crippen molar-refractivity contribution < 1.29 is 27.4 Å². The van der Waals surface area contributed by atoms with E-state index in [0.717, 1.165) is 19.3 Å². The lowest BCUT2D eigenvalue weighted by atomic mass is 9.81. The molecule has 0 radical (unpaired) electrons. The Bertz CT molecular complexity index is 1180. The zero-order valence-electron chi connectivity index (χ0n) is 22.1. The van der Waals surface area contributed by atoms with Gasteiger partial charge in [0.25, 0.3) is 0 Å². The molecule has 208 valence electrons. The maximum atomic E-state index is 13.3. The summed E-state index contributed by atoms with van der Waals surface area (Å²) in [5.41, 5.74) is -0.550. The minimum Gasteiger partial charge on any atom is -0.486 e. The smallest absolute Gasteiger partial charge is 0.243 e. The van der Waals surface area contributed by atoms with Crippen molar-refractivity contribution in [2.24, 2.45) is 5.92 Å². The lowest BCUT2D eigenvalue weighted by Gasteiger charge is -2.45. The first-order chi connectivity index (χ1) is 18.0. The van der Waals surface area contributed by atoms with Gasteiger partial charge in [0.15, 0.2) is 0 Å². The number of nitrogens with zero attached hydrogens (tertiary/aromatic N) is 2. The zero-order chi connectivity index (χ0) is 27.3. The number of carbonyl (C=O) groups is 1. The van der Waals surface area contributed by atoms with Gasteiger partial charge in [-0.25, -0.2) is 12.8 Å². The lowest BCUT2D eigenvalue weighted by molar-refractivity contribution is -0.129. The quantitative estimate of drug-likeness (QED) is 0.495. The van der Waals surface area contributed by atoms with Gasteiger partial charge in [-0.15, -0.1) is 0 Å². The van der Waals surface area contributed by atoms with Gasteiger partial charge in [-0.3, -0.25) is 9.69 Å². The van der Waals surface area contributed by atoms with Crippen molar-refractivity contribution in [1.82, 2.24) is 9.21 Å². The largest absolute Gasteiger partial charge is 0.486 e. The molecule has 2 aromatic rings. The van der Waals surface area contributed by atoms with Crippen LogP contribution in [-0.4, -0.2) is 73.1 Å². The fourth-order valence-electron chi connectivity index (χ4n) is 5.29. The lowest BCUT2D eigenvalue weighted by Crippen LogP contribution is -2.59. The van der Waals surface area contributed by atoms with E-state index in [1.807, 2.05) is 18.7 Å². The molecular weight excluding hydrogens is 509 g/mol. The van der Waals surface area contributed by atoms with Crippen molar-refractivity contribution >= 4 is 21.6 Å². The standard InChI is InChI=1S/C28H38FN3O5S/c1-21(2)18-28(34)14-17-31(19-26(28)37-24-10-6-22(29)7-11-24)20-27(33)30-23-8-12-25(13-9-23)38(35,36)32-15-4-3-5-16-32/h6-13,21,26,34H,3-5,14-20H2,1-2H3,(H,30,33)/t26-,28+/m0/s1. The molecule has 0 unspecified atom stereocenters. The van der Waals surface area contributed by atoms with Crippen molar-refractivity contribution in [2.75, 3.05) is 38.0 Å². The summed E-state index contributed by atoms with van der Waals surface area (Å²) in [5.74, 6) is 0.0978. The van der Waals surface area contributed by atoms with Gasteiger partial charge < -0.3 is 15.2 Å². The summed E-state index contributed by atoms with van der Waals surface area (Å²) in [5, 5.41) is 14.2. The summed E-state index contributed by atoms with van der Waals surface area (Å²) in [6, 6.07) is 12.0. The van der Waals surface area contributed by atoms with Crippen LogP contribution in [0.2, 0.25) is 0 Å². The molecule has 10 heteroatoms. The summed E-state index contributed by atoms with van der Waals surface area (Å²) in [6.07, 6.45) is 3.18.